The van der Waals surface area contributed by atoms with Crippen molar-refractivity contribution in [3.63, 3.8) is 0 Å². The first-order chi connectivity index (χ1) is 10.5. The molecule has 0 saturated heterocycles. The summed E-state index contributed by atoms with van der Waals surface area (Å²) in [5, 5.41) is 8.75. The number of hydrogen-bond donors (Lipinski definition) is 1. The zero-order valence-electron chi connectivity index (χ0n) is 12.1. The quantitative estimate of drug-likeness (QED) is 0.934. The second kappa shape index (κ2) is 6.55. The van der Waals surface area contributed by atoms with E-state index in [2.05, 4.69) is 0 Å². The van der Waals surface area contributed by atoms with Crippen LogP contribution in [0.25, 0.3) is 0 Å². The third-order valence-electron chi connectivity index (χ3n) is 3.27. The maximum Gasteiger partial charge on any atom is 0.253 e. The van der Waals surface area contributed by atoms with Crippen LogP contribution >= 0.6 is 0 Å². The van der Waals surface area contributed by atoms with Gasteiger partial charge < -0.3 is 10.6 Å². The highest BCUT2D eigenvalue weighted by atomic mass is 16.2. The van der Waals surface area contributed by atoms with Crippen molar-refractivity contribution < 1.29 is 9.59 Å². The first-order valence-corrected chi connectivity index (χ1v) is 6.65. The fourth-order valence-corrected chi connectivity index (χ4v) is 2.03. The van der Waals surface area contributed by atoms with Gasteiger partial charge in [0, 0.05) is 24.7 Å². The van der Waals surface area contributed by atoms with Crippen molar-refractivity contribution in [1.82, 2.24) is 4.90 Å². The molecule has 110 valence electrons. The number of nitrogens with two attached hydrogens (primary N) is 1. The molecule has 2 amide bonds. The van der Waals surface area contributed by atoms with Crippen molar-refractivity contribution in [2.24, 2.45) is 5.73 Å². The number of amides is 2. The van der Waals surface area contributed by atoms with E-state index in [1.54, 1.807) is 60.5 Å². The van der Waals surface area contributed by atoms with Crippen molar-refractivity contribution in [3.05, 3.63) is 70.8 Å². The van der Waals surface area contributed by atoms with E-state index < -0.39 is 5.91 Å². The predicted molar refractivity (Wildman–Crippen MR) is 81.9 cm³/mol. The Kier molecular flexibility index (Phi) is 4.54. The van der Waals surface area contributed by atoms with E-state index in [0.29, 0.717) is 23.2 Å². The summed E-state index contributed by atoms with van der Waals surface area (Å²) < 4.78 is 0. The van der Waals surface area contributed by atoms with Crippen molar-refractivity contribution in [3.8, 4) is 6.07 Å². The Balaban J connectivity index is 2.07. The molecule has 2 rings (SSSR count). The largest absolute Gasteiger partial charge is 0.366 e. The standard InChI is InChI=1S/C17H15N3O2/c1-20(11-13-4-6-14(7-5-13)16(19)21)17(22)15-8-2-12(10-18)3-9-15/h2-9H,11H2,1H3,(H2,19,21). The molecule has 0 saturated carbocycles. The van der Waals surface area contributed by atoms with E-state index in [4.69, 9.17) is 11.0 Å². The van der Waals surface area contributed by atoms with Crippen molar-refractivity contribution >= 4 is 11.8 Å². The average Bonchev–Trinajstić information content (AvgIpc) is 2.54. The molecular weight excluding hydrogens is 278 g/mol. The van der Waals surface area contributed by atoms with Crippen LogP contribution in [0.2, 0.25) is 0 Å². The zero-order chi connectivity index (χ0) is 16.1. The Morgan fingerprint density at radius 3 is 2.09 bits per heavy atom. The molecule has 0 aliphatic heterocycles. The van der Waals surface area contributed by atoms with Crippen LogP contribution in [0, 0.1) is 11.3 Å². The summed E-state index contributed by atoms with van der Waals surface area (Å²) in [6.45, 7) is 0.415. The Morgan fingerprint density at radius 1 is 1.05 bits per heavy atom. The van der Waals surface area contributed by atoms with Crippen molar-refractivity contribution in [2.75, 3.05) is 7.05 Å². The third kappa shape index (κ3) is 3.49. The van der Waals surface area contributed by atoms with Gasteiger partial charge in [0.15, 0.2) is 0 Å². The van der Waals surface area contributed by atoms with Gasteiger partial charge in [0.2, 0.25) is 5.91 Å². The van der Waals surface area contributed by atoms with E-state index in [9.17, 15) is 9.59 Å². The molecule has 0 spiro atoms. The molecule has 0 bridgehead atoms. The number of primary amides is 1. The van der Waals surface area contributed by atoms with Gasteiger partial charge in [-0.05, 0) is 42.0 Å². The number of rotatable bonds is 4. The summed E-state index contributed by atoms with van der Waals surface area (Å²) in [4.78, 5) is 24.9. The summed E-state index contributed by atoms with van der Waals surface area (Å²) in [5.74, 6) is -0.614. The van der Waals surface area contributed by atoms with Gasteiger partial charge in [-0.3, -0.25) is 9.59 Å². The fraction of sp³-hybridized carbons (Fsp3) is 0.118. The summed E-state index contributed by atoms with van der Waals surface area (Å²) in [5.41, 5.74) is 7.56. The van der Waals surface area contributed by atoms with Crippen molar-refractivity contribution in [2.45, 2.75) is 6.54 Å². The highest BCUT2D eigenvalue weighted by Crippen LogP contribution is 2.11. The number of carbonyl (C=O) groups is 2. The van der Waals surface area contributed by atoms with Gasteiger partial charge in [-0.15, -0.1) is 0 Å². The van der Waals surface area contributed by atoms with Gasteiger partial charge in [-0.25, -0.2) is 0 Å². The minimum absolute atomic E-state index is 0.136. The monoisotopic (exact) mass is 293 g/mol. The lowest BCUT2D eigenvalue weighted by atomic mass is 10.1. The molecule has 0 fully saturated rings. The second-order valence-electron chi connectivity index (χ2n) is 4.91. The Bertz CT molecular complexity index is 728. The molecule has 0 radical (unpaired) electrons. The van der Waals surface area contributed by atoms with Gasteiger partial charge in [-0.2, -0.15) is 5.26 Å². The summed E-state index contributed by atoms with van der Waals surface area (Å²) in [6, 6.07) is 15.3. The topological polar surface area (TPSA) is 87.2 Å². The summed E-state index contributed by atoms with van der Waals surface area (Å²) >= 11 is 0. The van der Waals surface area contributed by atoms with Gasteiger partial charge in [-0.1, -0.05) is 12.1 Å². The van der Waals surface area contributed by atoms with Crippen LogP contribution in [0.5, 0.6) is 0 Å². The summed E-state index contributed by atoms with van der Waals surface area (Å²) in [6.07, 6.45) is 0. The van der Waals surface area contributed by atoms with Gasteiger partial charge in [0.05, 0.1) is 11.6 Å². The van der Waals surface area contributed by atoms with Gasteiger partial charge in [0.1, 0.15) is 0 Å². The molecule has 0 unspecified atom stereocenters. The van der Waals surface area contributed by atoms with Crippen LogP contribution in [-0.4, -0.2) is 23.8 Å². The average molecular weight is 293 g/mol. The maximum atomic E-state index is 12.3. The fourth-order valence-electron chi connectivity index (χ4n) is 2.03. The molecule has 0 heterocycles. The summed E-state index contributed by atoms with van der Waals surface area (Å²) in [7, 11) is 1.70. The second-order valence-corrected chi connectivity index (χ2v) is 4.91. The number of nitriles is 1. The molecule has 0 atom stereocenters. The van der Waals surface area contributed by atoms with Gasteiger partial charge in [0.25, 0.3) is 5.91 Å². The minimum Gasteiger partial charge on any atom is -0.366 e. The lowest BCUT2D eigenvalue weighted by Crippen LogP contribution is -2.26. The molecular formula is C17H15N3O2. The number of nitrogens with zero attached hydrogens (tertiary/aromatic N) is 2. The minimum atomic E-state index is -0.478. The molecule has 2 aromatic carbocycles. The Morgan fingerprint density at radius 2 is 1.59 bits per heavy atom. The number of carbonyl (C=O) groups excluding carboxylic acids is 2. The van der Waals surface area contributed by atoms with E-state index >= 15 is 0 Å². The molecule has 2 aromatic rings. The van der Waals surface area contributed by atoms with E-state index in [0.717, 1.165) is 5.56 Å². The lowest BCUT2D eigenvalue weighted by Gasteiger charge is -2.17. The van der Waals surface area contributed by atoms with Crippen LogP contribution in [0.15, 0.2) is 48.5 Å². The molecule has 22 heavy (non-hydrogen) atoms. The molecule has 0 aliphatic rings. The Labute approximate surface area is 128 Å². The van der Waals surface area contributed by atoms with Crippen LogP contribution in [0.3, 0.4) is 0 Å². The lowest BCUT2D eigenvalue weighted by molar-refractivity contribution is 0.0784. The molecule has 0 aromatic heterocycles. The first kappa shape index (κ1) is 15.3. The van der Waals surface area contributed by atoms with E-state index in [1.165, 1.54) is 0 Å². The van der Waals surface area contributed by atoms with Crippen LogP contribution in [-0.2, 0) is 6.54 Å². The first-order valence-electron chi connectivity index (χ1n) is 6.65. The normalized spacial score (nSPS) is 9.82. The highest BCUT2D eigenvalue weighted by Gasteiger charge is 2.12. The molecule has 2 N–H and O–H groups in total. The molecule has 0 aliphatic carbocycles. The zero-order valence-corrected chi connectivity index (χ0v) is 12.1. The molecule has 5 heteroatoms. The number of benzene rings is 2. The maximum absolute atomic E-state index is 12.3. The SMILES string of the molecule is CN(Cc1ccc(C(N)=O)cc1)C(=O)c1ccc(C#N)cc1. The molecule has 5 nitrogen and oxygen atoms in total. The van der Waals surface area contributed by atoms with E-state index in [-0.39, 0.29) is 5.91 Å². The van der Waals surface area contributed by atoms with Crippen LogP contribution < -0.4 is 5.73 Å². The smallest absolute Gasteiger partial charge is 0.253 e. The van der Waals surface area contributed by atoms with Gasteiger partial charge >= 0.3 is 0 Å². The predicted octanol–water partition coefficient (Wildman–Crippen LogP) is 1.93. The van der Waals surface area contributed by atoms with Crippen LogP contribution in [0.1, 0.15) is 31.8 Å². The van der Waals surface area contributed by atoms with Crippen molar-refractivity contribution in [1.29, 1.82) is 5.26 Å². The number of hydrogen-bond acceptors (Lipinski definition) is 3. The van der Waals surface area contributed by atoms with Crippen LogP contribution in [0.4, 0.5) is 0 Å². The highest BCUT2D eigenvalue weighted by molar-refractivity contribution is 5.94. The van der Waals surface area contributed by atoms with E-state index in [1.807, 2.05) is 6.07 Å². The Hall–Kier alpha value is -3.13. The third-order valence-corrected chi connectivity index (χ3v) is 3.27.